The van der Waals surface area contributed by atoms with Gasteiger partial charge in [0.2, 0.25) is 17.7 Å². The molecule has 4 fully saturated rings. The summed E-state index contributed by atoms with van der Waals surface area (Å²) >= 11 is 0. The van der Waals surface area contributed by atoms with E-state index in [1.807, 2.05) is 48.5 Å². The summed E-state index contributed by atoms with van der Waals surface area (Å²) in [5.41, 5.74) is 0.788. The Labute approximate surface area is 330 Å². The van der Waals surface area contributed by atoms with Gasteiger partial charge in [0.25, 0.3) is 0 Å². The number of nitrogens with zero attached hydrogens (tertiary/aromatic N) is 4. The van der Waals surface area contributed by atoms with E-state index in [0.717, 1.165) is 56.5 Å². The lowest BCUT2D eigenvalue weighted by atomic mass is 9.87. The Morgan fingerprint density at radius 2 is 1.65 bits per heavy atom. The average Bonchev–Trinajstić information content (AvgIpc) is 3.61. The maximum atomic E-state index is 14.5. The van der Waals surface area contributed by atoms with E-state index in [1.165, 1.54) is 35.5 Å². The predicted octanol–water partition coefficient (Wildman–Crippen LogP) is 6.05. The van der Waals surface area contributed by atoms with Crippen LogP contribution in [0.2, 0.25) is 0 Å². The molecule has 4 aliphatic rings. The van der Waals surface area contributed by atoms with Crippen LogP contribution in [0.1, 0.15) is 66.8 Å². The first-order chi connectivity index (χ1) is 27.5. The minimum Gasteiger partial charge on any atom is -0.496 e. The number of rotatable bonds is 12. The number of β-lactam (4-membered cyclic amide) rings is 1. The van der Waals surface area contributed by atoms with Crippen molar-refractivity contribution >= 4 is 29.9 Å². The lowest BCUT2D eigenvalue weighted by Gasteiger charge is -2.52. The zero-order chi connectivity index (χ0) is 40.1. The van der Waals surface area contributed by atoms with Crippen molar-refractivity contribution in [3.8, 4) is 5.75 Å². The lowest BCUT2D eigenvalue weighted by Crippen LogP contribution is -2.74. The van der Waals surface area contributed by atoms with Gasteiger partial charge in [0.15, 0.2) is 0 Å². The van der Waals surface area contributed by atoms with Crippen LogP contribution in [0.25, 0.3) is 6.08 Å². The molecular formula is C43H48F3N5O6. The summed E-state index contributed by atoms with van der Waals surface area (Å²) in [6.07, 6.45) is 3.00. The minimum atomic E-state index is -4.58. The lowest BCUT2D eigenvalue weighted by molar-refractivity contribution is -0.164. The van der Waals surface area contributed by atoms with Crippen LogP contribution in [0, 0.1) is 0 Å². The fraction of sp³-hybridized carbons (Fsp3) is 0.442. The maximum absolute atomic E-state index is 14.5. The second-order valence-corrected chi connectivity index (χ2v) is 15.0. The third-order valence-corrected chi connectivity index (χ3v) is 11.6. The van der Waals surface area contributed by atoms with Gasteiger partial charge in [-0.05, 0) is 68.1 Å². The van der Waals surface area contributed by atoms with E-state index in [1.54, 1.807) is 23.1 Å². The quantitative estimate of drug-likeness (QED) is 0.223. The number of carbonyl (C=O) groups is 4. The van der Waals surface area contributed by atoms with Crippen molar-refractivity contribution in [3.63, 3.8) is 0 Å². The maximum Gasteiger partial charge on any atom is 0.416 e. The molecule has 4 atom stereocenters. The summed E-state index contributed by atoms with van der Waals surface area (Å²) in [5, 5.41) is 2.72. The number of methoxy groups -OCH3 is 1. The number of alkyl halides is 3. The van der Waals surface area contributed by atoms with Crippen LogP contribution in [0.4, 0.5) is 18.0 Å². The molecule has 302 valence electrons. The number of likely N-dealkylation sites (tertiary alicyclic amines) is 3. The molecule has 0 bridgehead atoms. The number of para-hydroxylation sites is 1. The molecular weight excluding hydrogens is 739 g/mol. The molecule has 3 aromatic carbocycles. The number of cyclic esters (lactones) is 1. The van der Waals surface area contributed by atoms with E-state index >= 15 is 0 Å². The molecule has 3 aromatic rings. The Bertz CT molecular complexity index is 1950. The Kier molecular flexibility index (Phi) is 12.2. The molecule has 7 rings (SSSR count). The van der Waals surface area contributed by atoms with Gasteiger partial charge in [-0.15, -0.1) is 0 Å². The standard InChI is InChI=1S/C43H48F3N5O6/c1-56-37-16-7-6-14-31(37)17-18-34-39(51-36(28-57-42(51)55)30-12-4-2-5-13-30)41(54)50(34)35(40(53)47-27-29-11-10-15-32(25-29)43(44,45)46)26-38(52)49-23-19-33(20-24-49)48-21-8-3-9-22-48/h2,4-7,10-18,25,33-36,39H,3,8-9,19-24,26-28H2,1H3,(H,47,53)/t34-,35-,36-,39+/m1/s1. The van der Waals surface area contributed by atoms with Crippen LogP contribution >= 0.6 is 0 Å². The molecule has 1 N–H and O–H groups in total. The summed E-state index contributed by atoms with van der Waals surface area (Å²) in [4.78, 5) is 63.3. The zero-order valence-electron chi connectivity index (χ0n) is 31.9. The smallest absolute Gasteiger partial charge is 0.416 e. The van der Waals surface area contributed by atoms with E-state index in [9.17, 15) is 32.3 Å². The molecule has 4 heterocycles. The van der Waals surface area contributed by atoms with E-state index in [2.05, 4.69) is 10.2 Å². The number of benzene rings is 3. The monoisotopic (exact) mass is 787 g/mol. The van der Waals surface area contributed by atoms with Crippen LogP contribution in [-0.4, -0.2) is 107 Å². The van der Waals surface area contributed by atoms with Crippen LogP contribution in [0.3, 0.4) is 0 Å². The third kappa shape index (κ3) is 8.80. The van der Waals surface area contributed by atoms with Gasteiger partial charge in [-0.25, -0.2) is 4.79 Å². The van der Waals surface area contributed by atoms with Gasteiger partial charge < -0.3 is 29.5 Å². The highest BCUT2D eigenvalue weighted by molar-refractivity contribution is 5.99. The average molecular weight is 788 g/mol. The number of carbonyl (C=O) groups excluding carboxylic acids is 4. The molecule has 11 nitrogen and oxygen atoms in total. The predicted molar refractivity (Wildman–Crippen MR) is 206 cm³/mol. The van der Waals surface area contributed by atoms with Crippen molar-refractivity contribution < 1.29 is 41.8 Å². The van der Waals surface area contributed by atoms with Gasteiger partial charge in [-0.1, -0.05) is 79.2 Å². The van der Waals surface area contributed by atoms with Crippen molar-refractivity contribution in [2.75, 3.05) is 39.9 Å². The highest BCUT2D eigenvalue weighted by Gasteiger charge is 2.58. The Morgan fingerprint density at radius 1 is 0.930 bits per heavy atom. The Hall–Kier alpha value is -5.37. The fourth-order valence-electron chi connectivity index (χ4n) is 8.58. The number of hydrogen-bond acceptors (Lipinski definition) is 7. The van der Waals surface area contributed by atoms with Gasteiger partial charge in [-0.2, -0.15) is 13.2 Å². The molecule has 14 heteroatoms. The van der Waals surface area contributed by atoms with Crippen molar-refractivity contribution in [2.24, 2.45) is 0 Å². The molecule has 4 saturated heterocycles. The first-order valence-electron chi connectivity index (χ1n) is 19.6. The van der Waals surface area contributed by atoms with Crippen LogP contribution in [0.5, 0.6) is 5.75 Å². The summed E-state index contributed by atoms with van der Waals surface area (Å²) in [5.74, 6) is -1.00. The molecule has 0 unspecified atom stereocenters. The molecule has 57 heavy (non-hydrogen) atoms. The molecule has 4 aliphatic heterocycles. The van der Waals surface area contributed by atoms with Gasteiger partial charge >= 0.3 is 12.3 Å². The van der Waals surface area contributed by atoms with Gasteiger partial charge in [0.1, 0.15) is 24.4 Å². The van der Waals surface area contributed by atoms with Crippen LogP contribution < -0.4 is 10.1 Å². The van der Waals surface area contributed by atoms with Crippen molar-refractivity contribution in [3.05, 3.63) is 107 Å². The number of ether oxygens (including phenoxy) is 2. The Morgan fingerprint density at radius 3 is 2.37 bits per heavy atom. The number of piperidine rings is 2. The Balaban J connectivity index is 1.19. The molecule has 0 spiro atoms. The van der Waals surface area contributed by atoms with E-state index in [4.69, 9.17) is 9.47 Å². The van der Waals surface area contributed by atoms with Crippen LogP contribution in [-0.2, 0) is 31.8 Å². The number of amides is 4. The van der Waals surface area contributed by atoms with E-state index in [-0.39, 0.29) is 31.0 Å². The number of halogens is 3. The normalized spacial score (nSPS) is 22.7. The minimum absolute atomic E-state index is 0.0162. The molecule has 4 amide bonds. The molecule has 0 aliphatic carbocycles. The SMILES string of the molecule is COc1ccccc1C=C[C@@H]1[C@H](N2C(=O)OC[C@@H]2c2ccccc2)C(=O)N1[C@H](CC(=O)N1CCC(N2CCCCC2)CC1)C(=O)NCc1cccc(C(F)(F)F)c1. The van der Waals surface area contributed by atoms with E-state index < -0.39 is 53.8 Å². The topological polar surface area (TPSA) is 112 Å². The van der Waals surface area contributed by atoms with Crippen molar-refractivity contribution in [1.29, 1.82) is 0 Å². The van der Waals surface area contributed by atoms with Gasteiger partial charge in [-0.3, -0.25) is 19.3 Å². The first kappa shape index (κ1) is 39.8. The summed E-state index contributed by atoms with van der Waals surface area (Å²) in [7, 11) is 1.53. The van der Waals surface area contributed by atoms with Crippen molar-refractivity contribution in [2.45, 2.75) is 81.5 Å². The summed E-state index contributed by atoms with van der Waals surface area (Å²) < 4.78 is 51.6. The second kappa shape index (κ2) is 17.4. The zero-order valence-corrected chi connectivity index (χ0v) is 31.9. The van der Waals surface area contributed by atoms with Gasteiger partial charge in [0, 0.05) is 31.2 Å². The number of hydrogen-bond donors (Lipinski definition) is 1. The van der Waals surface area contributed by atoms with E-state index in [0.29, 0.717) is 30.4 Å². The van der Waals surface area contributed by atoms with Crippen molar-refractivity contribution in [1.82, 2.24) is 24.9 Å². The third-order valence-electron chi connectivity index (χ3n) is 11.6. The molecule has 0 radical (unpaired) electrons. The highest BCUT2D eigenvalue weighted by Crippen LogP contribution is 2.39. The first-order valence-corrected chi connectivity index (χ1v) is 19.6. The molecule has 0 saturated carbocycles. The summed E-state index contributed by atoms with van der Waals surface area (Å²) in [6.45, 7) is 2.85. The van der Waals surface area contributed by atoms with Crippen LogP contribution in [0.15, 0.2) is 84.9 Å². The summed E-state index contributed by atoms with van der Waals surface area (Å²) in [6, 6.07) is 17.5. The van der Waals surface area contributed by atoms with Gasteiger partial charge in [0.05, 0.1) is 31.2 Å². The highest BCUT2D eigenvalue weighted by atomic mass is 19.4. The second-order valence-electron chi connectivity index (χ2n) is 15.0. The fourth-order valence-corrected chi connectivity index (χ4v) is 8.58. The molecule has 0 aromatic heterocycles. The number of nitrogens with one attached hydrogen (secondary N) is 1. The largest absolute Gasteiger partial charge is 0.496 e.